The van der Waals surface area contributed by atoms with E-state index in [1.54, 1.807) is 4.90 Å². The van der Waals surface area contributed by atoms with Crippen LogP contribution in [-0.2, 0) is 4.79 Å². The second kappa shape index (κ2) is 4.39. The van der Waals surface area contributed by atoms with Gasteiger partial charge < -0.3 is 10.2 Å². The molecule has 3 nitrogen and oxygen atoms in total. The van der Waals surface area contributed by atoms with Gasteiger partial charge in [0, 0.05) is 25.2 Å². The molecule has 1 aliphatic carbocycles. The van der Waals surface area contributed by atoms with Crippen molar-refractivity contribution in [3.63, 3.8) is 0 Å². The van der Waals surface area contributed by atoms with Crippen LogP contribution < -0.4 is 10.2 Å². The van der Waals surface area contributed by atoms with Crippen molar-refractivity contribution in [3.05, 3.63) is 29.8 Å². The lowest BCUT2D eigenvalue weighted by atomic mass is 9.96. The molecule has 0 saturated heterocycles. The summed E-state index contributed by atoms with van der Waals surface area (Å²) in [5, 5.41) is 3.57. The molecule has 1 N–H and O–H groups in total. The number of anilines is 1. The molecule has 3 rings (SSSR count). The Kier molecular flexibility index (Phi) is 2.86. The van der Waals surface area contributed by atoms with Crippen LogP contribution in [0.5, 0.6) is 0 Å². The second-order valence-corrected chi connectivity index (χ2v) is 5.65. The molecule has 0 bridgehead atoms. The number of nitrogens with zero attached hydrogens (tertiary/aromatic N) is 1. The fourth-order valence-electron chi connectivity index (χ4n) is 2.80. The molecular weight excluding hydrogens is 224 g/mol. The van der Waals surface area contributed by atoms with Gasteiger partial charge in [0.2, 0.25) is 5.91 Å². The standard InChI is InChI=1S/C15H20N2O/c1-10-7-11(10)9-16-13-8-15(18)17(2)14-6-4-3-5-12(13)14/h3-6,10-11,13,16H,7-9H2,1-2H3. The van der Waals surface area contributed by atoms with Crippen molar-refractivity contribution in [1.82, 2.24) is 5.32 Å². The average molecular weight is 244 g/mol. The van der Waals surface area contributed by atoms with E-state index >= 15 is 0 Å². The van der Waals surface area contributed by atoms with E-state index in [1.165, 1.54) is 12.0 Å². The zero-order valence-electron chi connectivity index (χ0n) is 11.0. The van der Waals surface area contributed by atoms with Gasteiger partial charge >= 0.3 is 0 Å². The monoisotopic (exact) mass is 244 g/mol. The number of carbonyl (C=O) groups excluding carboxylic acids is 1. The fraction of sp³-hybridized carbons (Fsp3) is 0.533. The molecule has 1 aromatic carbocycles. The first kappa shape index (κ1) is 11.7. The Morgan fingerprint density at radius 1 is 1.39 bits per heavy atom. The predicted octanol–water partition coefficient (Wildman–Crippen LogP) is 2.34. The summed E-state index contributed by atoms with van der Waals surface area (Å²) in [4.78, 5) is 13.7. The molecule has 0 radical (unpaired) electrons. The summed E-state index contributed by atoms with van der Waals surface area (Å²) in [7, 11) is 1.86. The molecular formula is C15H20N2O. The third kappa shape index (κ3) is 2.03. The first-order valence-electron chi connectivity index (χ1n) is 6.75. The van der Waals surface area contributed by atoms with Gasteiger partial charge in [0.15, 0.2) is 0 Å². The van der Waals surface area contributed by atoms with E-state index < -0.39 is 0 Å². The van der Waals surface area contributed by atoms with Gasteiger partial charge in [-0.25, -0.2) is 0 Å². The van der Waals surface area contributed by atoms with Crippen molar-refractivity contribution in [1.29, 1.82) is 0 Å². The Morgan fingerprint density at radius 2 is 2.11 bits per heavy atom. The largest absolute Gasteiger partial charge is 0.315 e. The van der Waals surface area contributed by atoms with Crippen molar-refractivity contribution in [3.8, 4) is 0 Å². The lowest BCUT2D eigenvalue weighted by Crippen LogP contribution is -2.38. The van der Waals surface area contributed by atoms with Gasteiger partial charge in [-0.3, -0.25) is 4.79 Å². The molecule has 3 atom stereocenters. The maximum atomic E-state index is 12.0. The maximum Gasteiger partial charge on any atom is 0.228 e. The third-order valence-corrected chi connectivity index (χ3v) is 4.33. The molecule has 1 saturated carbocycles. The van der Waals surface area contributed by atoms with E-state index in [1.807, 2.05) is 19.2 Å². The smallest absolute Gasteiger partial charge is 0.228 e. The normalized spacial score (nSPS) is 30.2. The molecule has 1 fully saturated rings. The highest BCUT2D eigenvalue weighted by Crippen LogP contribution is 2.38. The quantitative estimate of drug-likeness (QED) is 0.885. The minimum atomic E-state index is 0.192. The van der Waals surface area contributed by atoms with Crippen molar-refractivity contribution < 1.29 is 4.79 Å². The van der Waals surface area contributed by atoms with Gasteiger partial charge in [0.25, 0.3) is 0 Å². The van der Waals surface area contributed by atoms with Crippen LogP contribution in [0.4, 0.5) is 5.69 Å². The molecule has 1 aliphatic heterocycles. The van der Waals surface area contributed by atoms with Crippen LogP contribution in [0.15, 0.2) is 24.3 Å². The van der Waals surface area contributed by atoms with E-state index in [0.29, 0.717) is 6.42 Å². The van der Waals surface area contributed by atoms with Crippen LogP contribution in [0.3, 0.4) is 0 Å². The number of nitrogens with one attached hydrogen (secondary N) is 1. The number of fused-ring (bicyclic) bond motifs is 1. The third-order valence-electron chi connectivity index (χ3n) is 4.33. The molecule has 18 heavy (non-hydrogen) atoms. The second-order valence-electron chi connectivity index (χ2n) is 5.65. The van der Waals surface area contributed by atoms with Crippen LogP contribution >= 0.6 is 0 Å². The predicted molar refractivity (Wildman–Crippen MR) is 72.5 cm³/mol. The van der Waals surface area contributed by atoms with Gasteiger partial charge in [-0.15, -0.1) is 0 Å². The van der Waals surface area contributed by atoms with Crippen LogP contribution in [0.1, 0.15) is 31.4 Å². The Morgan fingerprint density at radius 3 is 2.83 bits per heavy atom. The van der Waals surface area contributed by atoms with Crippen LogP contribution in [0.2, 0.25) is 0 Å². The van der Waals surface area contributed by atoms with Crippen LogP contribution in [0.25, 0.3) is 0 Å². The number of carbonyl (C=O) groups is 1. The number of hydrogen-bond acceptors (Lipinski definition) is 2. The summed E-state index contributed by atoms with van der Waals surface area (Å²) in [5.74, 6) is 1.87. The SMILES string of the molecule is CC1CC1CNC1CC(=O)N(C)c2ccccc21. The highest BCUT2D eigenvalue weighted by Gasteiger charge is 2.34. The molecule has 3 unspecified atom stereocenters. The Hall–Kier alpha value is -1.35. The maximum absolute atomic E-state index is 12.0. The molecule has 1 heterocycles. The number of hydrogen-bond donors (Lipinski definition) is 1. The minimum Gasteiger partial charge on any atom is -0.315 e. The molecule has 3 heteroatoms. The summed E-state index contributed by atoms with van der Waals surface area (Å²) in [6, 6.07) is 8.40. The first-order valence-corrected chi connectivity index (χ1v) is 6.75. The van der Waals surface area contributed by atoms with Crippen molar-refractivity contribution in [2.75, 3.05) is 18.5 Å². The summed E-state index contributed by atoms with van der Waals surface area (Å²) in [5.41, 5.74) is 2.31. The van der Waals surface area contributed by atoms with Gasteiger partial charge in [0.1, 0.15) is 0 Å². The fourth-order valence-corrected chi connectivity index (χ4v) is 2.80. The van der Waals surface area contributed by atoms with Crippen molar-refractivity contribution in [2.24, 2.45) is 11.8 Å². The lowest BCUT2D eigenvalue weighted by Gasteiger charge is -2.32. The summed E-state index contributed by atoms with van der Waals surface area (Å²) >= 11 is 0. The zero-order valence-corrected chi connectivity index (χ0v) is 11.0. The number of benzene rings is 1. The Balaban J connectivity index is 1.78. The molecule has 1 amide bonds. The van der Waals surface area contributed by atoms with Crippen molar-refractivity contribution >= 4 is 11.6 Å². The number of amides is 1. The van der Waals surface area contributed by atoms with E-state index in [9.17, 15) is 4.79 Å². The van der Waals surface area contributed by atoms with Crippen LogP contribution in [0, 0.1) is 11.8 Å². The average Bonchev–Trinajstić information content (AvgIpc) is 3.08. The molecule has 1 aromatic rings. The van der Waals surface area contributed by atoms with Gasteiger partial charge in [-0.2, -0.15) is 0 Å². The summed E-state index contributed by atoms with van der Waals surface area (Å²) in [6.45, 7) is 3.33. The molecule has 96 valence electrons. The molecule has 0 aromatic heterocycles. The van der Waals surface area contributed by atoms with E-state index in [4.69, 9.17) is 0 Å². The van der Waals surface area contributed by atoms with E-state index in [-0.39, 0.29) is 11.9 Å². The van der Waals surface area contributed by atoms with E-state index in [2.05, 4.69) is 24.4 Å². The molecule has 0 spiro atoms. The number of rotatable bonds is 3. The molecule has 2 aliphatic rings. The Labute approximate surface area is 108 Å². The summed E-state index contributed by atoms with van der Waals surface area (Å²) < 4.78 is 0. The van der Waals surface area contributed by atoms with Crippen molar-refractivity contribution in [2.45, 2.75) is 25.8 Å². The Bertz CT molecular complexity index is 471. The van der Waals surface area contributed by atoms with Crippen LogP contribution in [-0.4, -0.2) is 19.5 Å². The van der Waals surface area contributed by atoms with E-state index in [0.717, 1.165) is 24.1 Å². The zero-order chi connectivity index (χ0) is 12.7. The highest BCUT2D eigenvalue weighted by atomic mass is 16.2. The first-order chi connectivity index (χ1) is 8.66. The summed E-state index contributed by atoms with van der Waals surface area (Å²) in [6.07, 6.45) is 1.91. The highest BCUT2D eigenvalue weighted by molar-refractivity contribution is 5.96. The lowest BCUT2D eigenvalue weighted by molar-refractivity contribution is -0.119. The van der Waals surface area contributed by atoms with Gasteiger partial charge in [-0.05, 0) is 36.4 Å². The number of para-hydroxylation sites is 1. The van der Waals surface area contributed by atoms with Gasteiger partial charge in [-0.1, -0.05) is 25.1 Å². The topological polar surface area (TPSA) is 32.3 Å². The van der Waals surface area contributed by atoms with Gasteiger partial charge in [0.05, 0.1) is 0 Å². The minimum absolute atomic E-state index is 0.192.